The topological polar surface area (TPSA) is 140 Å². The number of aryl methyl sites for hydroxylation is 1. The number of urea groups is 1. The van der Waals surface area contributed by atoms with Crippen molar-refractivity contribution in [3.63, 3.8) is 0 Å². The zero-order valence-corrected chi connectivity index (χ0v) is 20.6. The summed E-state index contributed by atoms with van der Waals surface area (Å²) in [6, 6.07) is 18.0. The number of hydrogen-bond donors (Lipinski definition) is 2. The van der Waals surface area contributed by atoms with Crippen LogP contribution in [0.1, 0.15) is 16.7 Å². The van der Waals surface area contributed by atoms with Gasteiger partial charge in [-0.05, 0) is 42.3 Å². The Hall–Kier alpha value is -5.19. The Balaban J connectivity index is 1.54. The monoisotopic (exact) mass is 516 g/mol. The lowest BCUT2D eigenvalue weighted by Crippen LogP contribution is -2.38. The van der Waals surface area contributed by atoms with Crippen molar-refractivity contribution in [3.05, 3.63) is 99.2 Å². The van der Waals surface area contributed by atoms with Crippen LogP contribution < -0.4 is 20.1 Å². The number of nitro benzene ring substituents is 1. The lowest BCUT2D eigenvalue weighted by molar-refractivity contribution is -0.385. The van der Waals surface area contributed by atoms with Gasteiger partial charge >= 0.3 is 6.03 Å². The maximum Gasteiger partial charge on any atom is 0.329 e. The lowest BCUT2D eigenvalue weighted by Gasteiger charge is -2.12. The minimum Gasteiger partial charge on any atom is -0.493 e. The van der Waals surface area contributed by atoms with Crippen LogP contribution >= 0.6 is 0 Å². The van der Waals surface area contributed by atoms with Crippen molar-refractivity contribution >= 4 is 35.3 Å². The van der Waals surface area contributed by atoms with Crippen molar-refractivity contribution in [3.8, 4) is 11.5 Å². The third-order valence-electron chi connectivity index (χ3n) is 5.61. The maximum atomic E-state index is 12.9. The summed E-state index contributed by atoms with van der Waals surface area (Å²) in [4.78, 5) is 49.7. The number of imide groups is 1. The number of benzene rings is 3. The second-order valence-corrected chi connectivity index (χ2v) is 8.39. The van der Waals surface area contributed by atoms with Gasteiger partial charge in [0.1, 0.15) is 18.8 Å². The fourth-order valence-electron chi connectivity index (χ4n) is 3.78. The summed E-state index contributed by atoms with van der Waals surface area (Å²) in [5.74, 6) is -1.04. The normalized spacial score (nSPS) is 13.8. The molecule has 11 nitrogen and oxygen atoms in total. The Morgan fingerprint density at radius 3 is 2.53 bits per heavy atom. The molecular formula is C27H24N4O7. The van der Waals surface area contributed by atoms with Gasteiger partial charge in [-0.15, -0.1) is 0 Å². The quantitative estimate of drug-likeness (QED) is 0.189. The first-order valence-electron chi connectivity index (χ1n) is 11.5. The molecule has 4 rings (SSSR count). The highest BCUT2D eigenvalue weighted by Gasteiger charge is 2.35. The van der Waals surface area contributed by atoms with Crippen LogP contribution in [0.3, 0.4) is 0 Å². The van der Waals surface area contributed by atoms with Crippen molar-refractivity contribution < 1.29 is 28.8 Å². The molecule has 1 heterocycles. The molecule has 0 aromatic heterocycles. The standard InChI is InChI=1S/C27H24N4O7/c1-17-7-6-10-20(11-17)28-25(32)15-30-26(33)21(29-27(30)34)12-19-13-23(37-2)24(14-22(19)31(35)36)38-16-18-8-4-3-5-9-18/h3-14H,15-16H2,1-2H3,(H,28,32)(H,29,34)/b21-12+. The molecule has 38 heavy (non-hydrogen) atoms. The molecule has 0 aliphatic carbocycles. The number of carbonyl (C=O) groups is 3. The smallest absolute Gasteiger partial charge is 0.329 e. The molecule has 1 saturated heterocycles. The number of nitrogens with one attached hydrogen (secondary N) is 2. The first-order chi connectivity index (χ1) is 18.2. The Morgan fingerprint density at radius 1 is 1.08 bits per heavy atom. The molecule has 194 valence electrons. The summed E-state index contributed by atoms with van der Waals surface area (Å²) in [6.07, 6.45) is 1.17. The molecule has 2 N–H and O–H groups in total. The first kappa shape index (κ1) is 25.9. The summed E-state index contributed by atoms with van der Waals surface area (Å²) >= 11 is 0. The van der Waals surface area contributed by atoms with E-state index in [9.17, 15) is 24.5 Å². The van der Waals surface area contributed by atoms with E-state index < -0.39 is 29.3 Å². The number of nitrogens with zero attached hydrogens (tertiary/aromatic N) is 2. The van der Waals surface area contributed by atoms with Gasteiger partial charge in [0.25, 0.3) is 11.6 Å². The van der Waals surface area contributed by atoms with E-state index in [1.807, 2.05) is 43.3 Å². The van der Waals surface area contributed by atoms with E-state index in [0.717, 1.165) is 16.0 Å². The van der Waals surface area contributed by atoms with Gasteiger partial charge in [0.05, 0.1) is 23.7 Å². The molecule has 0 saturated carbocycles. The molecule has 1 aliphatic heterocycles. The van der Waals surface area contributed by atoms with Crippen molar-refractivity contribution in [2.75, 3.05) is 19.0 Å². The number of ether oxygens (including phenoxy) is 2. The molecule has 4 amide bonds. The number of hydrogen-bond acceptors (Lipinski definition) is 7. The van der Waals surface area contributed by atoms with Gasteiger partial charge in [0, 0.05) is 5.69 Å². The lowest BCUT2D eigenvalue weighted by atomic mass is 10.1. The molecule has 0 unspecified atom stereocenters. The van der Waals surface area contributed by atoms with Gasteiger partial charge in [0.2, 0.25) is 5.91 Å². The zero-order chi connectivity index (χ0) is 27.2. The number of carbonyl (C=O) groups excluding carboxylic acids is 3. The number of rotatable bonds is 9. The van der Waals surface area contributed by atoms with E-state index >= 15 is 0 Å². The van der Waals surface area contributed by atoms with Crippen LogP contribution in [0.4, 0.5) is 16.2 Å². The van der Waals surface area contributed by atoms with Crippen LogP contribution in [-0.4, -0.2) is 41.3 Å². The van der Waals surface area contributed by atoms with E-state index in [2.05, 4.69) is 10.6 Å². The summed E-state index contributed by atoms with van der Waals surface area (Å²) < 4.78 is 11.1. The molecule has 11 heteroatoms. The average Bonchev–Trinajstić information content (AvgIpc) is 3.15. The van der Waals surface area contributed by atoms with Gasteiger partial charge < -0.3 is 20.1 Å². The summed E-state index contributed by atoms with van der Waals surface area (Å²) in [6.45, 7) is 1.48. The highest BCUT2D eigenvalue weighted by Crippen LogP contribution is 2.36. The Labute approximate surface area is 217 Å². The van der Waals surface area contributed by atoms with E-state index in [0.29, 0.717) is 5.69 Å². The van der Waals surface area contributed by atoms with E-state index in [4.69, 9.17) is 9.47 Å². The summed E-state index contributed by atoms with van der Waals surface area (Å²) in [5.41, 5.74) is 1.73. The van der Waals surface area contributed by atoms with Crippen molar-refractivity contribution in [2.24, 2.45) is 0 Å². The predicted octanol–water partition coefficient (Wildman–Crippen LogP) is 4.02. The number of amides is 4. The Bertz CT molecular complexity index is 1440. The van der Waals surface area contributed by atoms with Gasteiger partial charge in [-0.25, -0.2) is 9.69 Å². The number of methoxy groups -OCH3 is 1. The third kappa shape index (κ3) is 5.95. The molecule has 3 aromatic rings. The SMILES string of the molecule is COc1cc(/C=C2/NC(=O)N(CC(=O)Nc3cccc(C)c3)C2=O)c([N+](=O)[O-])cc1OCc1ccccc1. The van der Waals surface area contributed by atoms with Gasteiger partial charge in [-0.1, -0.05) is 42.5 Å². The molecular weight excluding hydrogens is 492 g/mol. The molecule has 0 radical (unpaired) electrons. The summed E-state index contributed by atoms with van der Waals surface area (Å²) in [5, 5.41) is 16.8. The van der Waals surface area contributed by atoms with Crippen molar-refractivity contribution in [2.45, 2.75) is 13.5 Å². The van der Waals surface area contributed by atoms with E-state index in [1.165, 1.54) is 25.3 Å². The Kier molecular flexibility index (Phi) is 7.66. The molecule has 0 atom stereocenters. The molecule has 1 fully saturated rings. The van der Waals surface area contributed by atoms with Gasteiger partial charge in [-0.2, -0.15) is 0 Å². The molecule has 3 aromatic carbocycles. The van der Waals surface area contributed by atoms with Crippen LogP contribution in [0.5, 0.6) is 11.5 Å². The van der Waals surface area contributed by atoms with Crippen LogP contribution in [0, 0.1) is 17.0 Å². The van der Waals surface area contributed by atoms with Crippen LogP contribution in [0.15, 0.2) is 72.4 Å². The Morgan fingerprint density at radius 2 is 1.84 bits per heavy atom. The molecule has 1 aliphatic rings. The zero-order valence-electron chi connectivity index (χ0n) is 20.6. The first-order valence-corrected chi connectivity index (χ1v) is 11.5. The molecule has 0 bridgehead atoms. The van der Waals surface area contributed by atoms with Gasteiger partial charge in [0.15, 0.2) is 11.5 Å². The average molecular weight is 517 g/mol. The third-order valence-corrected chi connectivity index (χ3v) is 5.61. The van der Waals surface area contributed by atoms with Crippen LogP contribution in [0.2, 0.25) is 0 Å². The van der Waals surface area contributed by atoms with E-state index in [1.54, 1.807) is 18.2 Å². The largest absolute Gasteiger partial charge is 0.493 e. The number of nitro groups is 1. The number of anilines is 1. The fourth-order valence-corrected chi connectivity index (χ4v) is 3.78. The fraction of sp³-hybridized carbons (Fsp3) is 0.148. The second kappa shape index (κ2) is 11.2. The highest BCUT2D eigenvalue weighted by molar-refractivity contribution is 6.16. The van der Waals surface area contributed by atoms with Gasteiger partial charge in [-0.3, -0.25) is 19.7 Å². The predicted molar refractivity (Wildman–Crippen MR) is 138 cm³/mol. The van der Waals surface area contributed by atoms with Crippen LogP contribution in [-0.2, 0) is 16.2 Å². The van der Waals surface area contributed by atoms with Crippen molar-refractivity contribution in [1.29, 1.82) is 0 Å². The highest BCUT2D eigenvalue weighted by atomic mass is 16.6. The summed E-state index contributed by atoms with van der Waals surface area (Å²) in [7, 11) is 1.38. The van der Waals surface area contributed by atoms with E-state index in [-0.39, 0.29) is 35.1 Å². The maximum absolute atomic E-state index is 12.9. The van der Waals surface area contributed by atoms with Crippen molar-refractivity contribution in [1.82, 2.24) is 10.2 Å². The molecule has 0 spiro atoms. The second-order valence-electron chi connectivity index (χ2n) is 8.39. The minimum atomic E-state index is -0.821. The minimum absolute atomic E-state index is 0.00798. The van der Waals surface area contributed by atoms with Crippen LogP contribution in [0.25, 0.3) is 6.08 Å².